The summed E-state index contributed by atoms with van der Waals surface area (Å²) in [5.74, 6) is 1.10. The van der Waals surface area contributed by atoms with Crippen LogP contribution in [0.1, 0.15) is 12.0 Å². The molecule has 2 saturated heterocycles. The van der Waals surface area contributed by atoms with Crippen LogP contribution >= 0.6 is 0 Å². The molecule has 0 N–H and O–H groups in total. The van der Waals surface area contributed by atoms with Crippen molar-refractivity contribution in [2.75, 3.05) is 31.2 Å². The number of aromatic nitrogens is 3. The zero-order chi connectivity index (χ0) is 17.1. The molecule has 4 heterocycles. The molecule has 2 aromatic heterocycles. The summed E-state index contributed by atoms with van der Waals surface area (Å²) in [6.07, 6.45) is 7.16. The lowest BCUT2D eigenvalue weighted by Gasteiger charge is -2.19. The second-order valence-electron chi connectivity index (χ2n) is 6.60. The van der Waals surface area contributed by atoms with Crippen LogP contribution in [0.3, 0.4) is 0 Å². The van der Waals surface area contributed by atoms with Crippen LogP contribution in [0, 0.1) is 17.7 Å². The van der Waals surface area contributed by atoms with Crippen LogP contribution in [-0.2, 0) is 16.1 Å². The molecule has 2 aromatic rings. The third-order valence-electron chi connectivity index (χ3n) is 4.98. The van der Waals surface area contributed by atoms with E-state index in [-0.39, 0.29) is 6.10 Å². The van der Waals surface area contributed by atoms with Crippen LogP contribution in [0.4, 0.5) is 10.3 Å². The van der Waals surface area contributed by atoms with Gasteiger partial charge in [-0.2, -0.15) is 0 Å². The molecular weight excluding hydrogens is 323 g/mol. The van der Waals surface area contributed by atoms with Gasteiger partial charge in [-0.05, 0) is 30.0 Å². The van der Waals surface area contributed by atoms with E-state index < -0.39 is 5.82 Å². The van der Waals surface area contributed by atoms with Crippen LogP contribution < -0.4 is 4.90 Å². The third kappa shape index (κ3) is 3.77. The van der Waals surface area contributed by atoms with E-state index in [0.717, 1.165) is 31.7 Å². The Hall–Kier alpha value is -2.12. The summed E-state index contributed by atoms with van der Waals surface area (Å²) < 4.78 is 24.7. The third-order valence-corrected chi connectivity index (χ3v) is 4.98. The summed E-state index contributed by atoms with van der Waals surface area (Å²) in [5, 5.41) is 0. The van der Waals surface area contributed by atoms with Crippen molar-refractivity contribution in [3.8, 4) is 0 Å². The van der Waals surface area contributed by atoms with Crippen LogP contribution in [0.15, 0.2) is 36.9 Å². The maximum Gasteiger partial charge on any atom is 0.225 e. The fraction of sp³-hybridized carbons (Fsp3) is 0.500. The van der Waals surface area contributed by atoms with Crippen molar-refractivity contribution in [3.63, 3.8) is 0 Å². The first-order chi connectivity index (χ1) is 12.3. The number of hydrogen-bond acceptors (Lipinski definition) is 6. The zero-order valence-electron chi connectivity index (χ0n) is 13.9. The van der Waals surface area contributed by atoms with Gasteiger partial charge in [-0.25, -0.2) is 14.4 Å². The van der Waals surface area contributed by atoms with Gasteiger partial charge in [0.05, 0.1) is 31.7 Å². The lowest BCUT2D eigenvalue weighted by molar-refractivity contribution is 0.0940. The monoisotopic (exact) mass is 344 g/mol. The summed E-state index contributed by atoms with van der Waals surface area (Å²) in [6, 6.07) is 3.93. The van der Waals surface area contributed by atoms with Crippen molar-refractivity contribution in [2.24, 2.45) is 11.8 Å². The van der Waals surface area contributed by atoms with Gasteiger partial charge in [0, 0.05) is 38.0 Å². The van der Waals surface area contributed by atoms with Crippen LogP contribution in [0.5, 0.6) is 0 Å². The lowest BCUT2D eigenvalue weighted by atomic mass is 9.91. The maximum atomic E-state index is 13.0. The van der Waals surface area contributed by atoms with Gasteiger partial charge in [0.25, 0.3) is 0 Å². The van der Waals surface area contributed by atoms with Gasteiger partial charge in [-0.15, -0.1) is 0 Å². The number of nitrogens with zero attached hydrogens (tertiary/aromatic N) is 4. The van der Waals surface area contributed by atoms with Crippen molar-refractivity contribution in [3.05, 3.63) is 48.3 Å². The second kappa shape index (κ2) is 7.41. The van der Waals surface area contributed by atoms with Gasteiger partial charge in [0.2, 0.25) is 5.95 Å². The van der Waals surface area contributed by atoms with Crippen LogP contribution in [0.2, 0.25) is 0 Å². The molecule has 2 aliphatic rings. The fourth-order valence-corrected chi connectivity index (χ4v) is 3.63. The Bertz CT molecular complexity index is 685. The first kappa shape index (κ1) is 16.4. The quantitative estimate of drug-likeness (QED) is 0.748. The maximum absolute atomic E-state index is 13.0. The van der Waals surface area contributed by atoms with Gasteiger partial charge in [-0.1, -0.05) is 0 Å². The number of ether oxygens (including phenoxy) is 2. The fourth-order valence-electron chi connectivity index (χ4n) is 3.63. The number of pyridine rings is 1. The molecule has 0 amide bonds. The number of halogens is 1. The van der Waals surface area contributed by atoms with E-state index in [1.54, 1.807) is 12.4 Å². The topological polar surface area (TPSA) is 60.4 Å². The van der Waals surface area contributed by atoms with Crippen molar-refractivity contribution >= 4 is 5.95 Å². The summed E-state index contributed by atoms with van der Waals surface area (Å²) in [6.45, 7) is 3.73. The largest absolute Gasteiger partial charge is 0.377 e. The molecule has 0 aromatic carbocycles. The summed E-state index contributed by atoms with van der Waals surface area (Å²) in [5.41, 5.74) is 1.14. The standard InChI is InChI=1S/C18H21FN4O2/c19-15-7-21-18(22-8-15)23-9-16-14(12-25-17(16)10-23)3-6-24-11-13-1-4-20-5-2-13/h1-2,4-5,7-8,14,16-17H,3,6,9-12H2/t14-,16-,17-/m0/s1. The number of rotatable bonds is 6. The highest BCUT2D eigenvalue weighted by molar-refractivity contribution is 5.32. The van der Waals surface area contributed by atoms with Crippen molar-refractivity contribution in [1.82, 2.24) is 15.0 Å². The average Bonchev–Trinajstić information content (AvgIpc) is 3.22. The lowest BCUT2D eigenvalue weighted by Crippen LogP contribution is -2.26. The van der Waals surface area contributed by atoms with E-state index in [1.165, 1.54) is 12.4 Å². The Morgan fingerprint density at radius 3 is 2.80 bits per heavy atom. The van der Waals surface area contributed by atoms with E-state index >= 15 is 0 Å². The smallest absolute Gasteiger partial charge is 0.225 e. The highest BCUT2D eigenvalue weighted by Gasteiger charge is 2.44. The number of anilines is 1. The molecule has 0 bridgehead atoms. The number of fused-ring (bicyclic) bond motifs is 1. The summed E-state index contributed by atoms with van der Waals surface area (Å²) in [4.78, 5) is 14.2. The molecule has 2 fully saturated rings. The zero-order valence-corrected chi connectivity index (χ0v) is 13.9. The highest BCUT2D eigenvalue weighted by atomic mass is 19.1. The van der Waals surface area contributed by atoms with Crippen LogP contribution in [-0.4, -0.2) is 47.4 Å². The minimum atomic E-state index is -0.413. The van der Waals surface area contributed by atoms with E-state index in [1.807, 2.05) is 12.1 Å². The number of hydrogen-bond donors (Lipinski definition) is 0. The highest BCUT2D eigenvalue weighted by Crippen LogP contribution is 2.36. The normalized spacial score (nSPS) is 25.3. The Kier molecular flexibility index (Phi) is 4.85. The first-order valence-corrected chi connectivity index (χ1v) is 8.60. The summed E-state index contributed by atoms with van der Waals surface area (Å²) >= 11 is 0. The minimum Gasteiger partial charge on any atom is -0.377 e. The van der Waals surface area contributed by atoms with E-state index in [9.17, 15) is 4.39 Å². The molecule has 4 rings (SSSR count). The SMILES string of the molecule is Fc1cnc(N2C[C@H]3[C@@H](CCOCc4ccncc4)CO[C@H]3C2)nc1. The predicted molar refractivity (Wildman–Crippen MR) is 89.4 cm³/mol. The average molecular weight is 344 g/mol. The van der Waals surface area contributed by atoms with Gasteiger partial charge in [0.1, 0.15) is 0 Å². The molecule has 132 valence electrons. The molecule has 3 atom stereocenters. The molecule has 0 saturated carbocycles. The Morgan fingerprint density at radius 1 is 1.20 bits per heavy atom. The molecule has 0 unspecified atom stereocenters. The van der Waals surface area contributed by atoms with E-state index in [2.05, 4.69) is 19.9 Å². The molecule has 25 heavy (non-hydrogen) atoms. The molecule has 6 nitrogen and oxygen atoms in total. The van der Waals surface area contributed by atoms with Gasteiger partial charge in [0.15, 0.2) is 5.82 Å². The van der Waals surface area contributed by atoms with Gasteiger partial charge in [-0.3, -0.25) is 4.98 Å². The van der Waals surface area contributed by atoms with Crippen molar-refractivity contribution in [2.45, 2.75) is 19.1 Å². The van der Waals surface area contributed by atoms with E-state index in [0.29, 0.717) is 31.0 Å². The van der Waals surface area contributed by atoms with Crippen molar-refractivity contribution in [1.29, 1.82) is 0 Å². The second-order valence-corrected chi connectivity index (χ2v) is 6.60. The van der Waals surface area contributed by atoms with E-state index in [4.69, 9.17) is 9.47 Å². The molecule has 0 aliphatic carbocycles. The molecule has 2 aliphatic heterocycles. The Balaban J connectivity index is 1.26. The van der Waals surface area contributed by atoms with Crippen molar-refractivity contribution < 1.29 is 13.9 Å². The molecule has 0 spiro atoms. The molecule has 7 heteroatoms. The molecular formula is C18H21FN4O2. The summed E-state index contributed by atoms with van der Waals surface area (Å²) in [7, 11) is 0. The van der Waals surface area contributed by atoms with Gasteiger partial charge < -0.3 is 14.4 Å². The minimum absolute atomic E-state index is 0.207. The predicted octanol–water partition coefficient (Wildman–Crippen LogP) is 2.07. The Labute approximate surface area is 146 Å². The Morgan fingerprint density at radius 2 is 2.00 bits per heavy atom. The van der Waals surface area contributed by atoms with Crippen LogP contribution in [0.25, 0.3) is 0 Å². The molecule has 0 radical (unpaired) electrons. The van der Waals surface area contributed by atoms with Gasteiger partial charge >= 0.3 is 0 Å². The first-order valence-electron chi connectivity index (χ1n) is 8.60.